The van der Waals surface area contributed by atoms with Crippen molar-refractivity contribution in [3.8, 4) is 6.07 Å². The zero-order valence-corrected chi connectivity index (χ0v) is 18.5. The van der Waals surface area contributed by atoms with Gasteiger partial charge in [0.25, 0.3) is 0 Å². The van der Waals surface area contributed by atoms with E-state index in [1.807, 2.05) is 26.0 Å². The molecule has 0 N–H and O–H groups in total. The summed E-state index contributed by atoms with van der Waals surface area (Å²) in [6.07, 6.45) is 2.12. The molecule has 0 atom stereocenters. The number of carbonyl (C=O) groups excluding carboxylic acids is 1. The summed E-state index contributed by atoms with van der Waals surface area (Å²) in [5.74, 6) is -0.407. The van der Waals surface area contributed by atoms with Crippen LogP contribution >= 0.6 is 0 Å². The molecular weight excluding hydrogens is 402 g/mol. The Kier molecular flexibility index (Phi) is 6.64. The van der Waals surface area contributed by atoms with Crippen LogP contribution in [0.4, 0.5) is 0 Å². The number of sulfonamides is 1. The molecule has 0 aliphatic carbocycles. The van der Waals surface area contributed by atoms with Gasteiger partial charge in [-0.15, -0.1) is 0 Å². The van der Waals surface area contributed by atoms with Gasteiger partial charge in [0.05, 0.1) is 11.5 Å². The van der Waals surface area contributed by atoms with Crippen LogP contribution in [0.1, 0.15) is 47.8 Å². The van der Waals surface area contributed by atoms with Crippen LogP contribution in [-0.2, 0) is 32.5 Å². The van der Waals surface area contributed by atoms with E-state index in [0.717, 1.165) is 29.7 Å². The summed E-state index contributed by atoms with van der Waals surface area (Å²) < 4.78 is 34.6. The molecule has 3 rings (SSSR count). The first-order valence-corrected chi connectivity index (χ1v) is 11.6. The van der Waals surface area contributed by atoms with Crippen molar-refractivity contribution in [2.45, 2.75) is 51.5 Å². The molecule has 0 amide bonds. The molecule has 30 heavy (non-hydrogen) atoms. The number of benzene rings is 1. The first-order valence-electron chi connectivity index (χ1n) is 10.1. The minimum absolute atomic E-state index is 0.0445. The molecule has 0 unspecified atom stereocenters. The van der Waals surface area contributed by atoms with Crippen LogP contribution in [0.5, 0.6) is 0 Å². The maximum Gasteiger partial charge on any atom is 0.325 e. The fraction of sp³-hybridized carbons (Fsp3) is 0.455. The maximum atomic E-state index is 13.2. The van der Waals surface area contributed by atoms with Crippen LogP contribution in [0.25, 0.3) is 0 Å². The number of ether oxygens (including phenoxy) is 1. The van der Waals surface area contributed by atoms with Gasteiger partial charge in [-0.1, -0.05) is 18.2 Å². The van der Waals surface area contributed by atoms with Gasteiger partial charge in [0.2, 0.25) is 10.0 Å². The first-order chi connectivity index (χ1) is 14.3. The van der Waals surface area contributed by atoms with Crippen LogP contribution in [0.3, 0.4) is 0 Å². The Hall–Kier alpha value is -2.63. The van der Waals surface area contributed by atoms with Gasteiger partial charge in [-0.2, -0.15) is 9.57 Å². The number of carbonyl (C=O) groups is 1. The molecule has 2 aromatic rings. The summed E-state index contributed by atoms with van der Waals surface area (Å²) in [6, 6.07) is 9.20. The molecule has 1 aromatic carbocycles. The van der Waals surface area contributed by atoms with Crippen molar-refractivity contribution >= 4 is 16.0 Å². The topological polar surface area (TPSA) is 92.4 Å². The summed E-state index contributed by atoms with van der Waals surface area (Å²) >= 11 is 0. The van der Waals surface area contributed by atoms with E-state index in [1.165, 1.54) is 4.31 Å². The van der Waals surface area contributed by atoms with E-state index in [0.29, 0.717) is 35.7 Å². The zero-order chi connectivity index (χ0) is 21.9. The second-order valence-electron chi connectivity index (χ2n) is 7.44. The Morgan fingerprint density at radius 2 is 1.87 bits per heavy atom. The molecule has 7 nitrogen and oxygen atoms in total. The average Bonchev–Trinajstić information content (AvgIpc) is 3.33. The highest BCUT2D eigenvalue weighted by Gasteiger charge is 2.29. The molecule has 0 saturated carbocycles. The fourth-order valence-electron chi connectivity index (χ4n) is 4.04. The average molecular weight is 430 g/mol. The molecule has 1 aromatic heterocycles. The Labute approximate surface area is 177 Å². The normalized spacial score (nSPS) is 14.6. The third kappa shape index (κ3) is 4.13. The molecule has 160 valence electrons. The Balaban J connectivity index is 2.01. The molecule has 0 spiro atoms. The second-order valence-corrected chi connectivity index (χ2v) is 9.34. The molecule has 8 heteroatoms. The lowest BCUT2D eigenvalue weighted by Crippen LogP contribution is -2.28. The van der Waals surface area contributed by atoms with Crippen LogP contribution < -0.4 is 0 Å². The van der Waals surface area contributed by atoms with E-state index in [-0.39, 0.29) is 13.2 Å². The second kappa shape index (κ2) is 9.02. The number of hydrogen-bond acceptors (Lipinski definition) is 5. The highest BCUT2D eigenvalue weighted by molar-refractivity contribution is 7.89. The third-order valence-corrected chi connectivity index (χ3v) is 7.64. The van der Waals surface area contributed by atoms with Gasteiger partial charge < -0.3 is 9.30 Å². The number of aromatic nitrogens is 1. The highest BCUT2D eigenvalue weighted by atomic mass is 32.2. The fourth-order valence-corrected chi connectivity index (χ4v) is 5.78. The SMILES string of the molecule is CCOC(=O)Cn1c(C)c(Cc2ccccc2S(=O)(=O)N2CCCC2)c(C)c1C#N. The van der Waals surface area contributed by atoms with Crippen molar-refractivity contribution in [3.05, 3.63) is 52.3 Å². The van der Waals surface area contributed by atoms with Gasteiger partial charge in [-0.05, 0) is 56.4 Å². The predicted molar refractivity (Wildman–Crippen MR) is 112 cm³/mol. The summed E-state index contributed by atoms with van der Waals surface area (Å²) in [5.41, 5.74) is 3.47. The summed E-state index contributed by atoms with van der Waals surface area (Å²) in [4.78, 5) is 12.3. The number of rotatable bonds is 7. The number of nitriles is 1. The Bertz CT molecular complexity index is 1090. The predicted octanol–water partition coefficient (Wildman–Crippen LogP) is 2.92. The molecular formula is C22H27N3O4S. The molecule has 1 fully saturated rings. The molecule has 0 bridgehead atoms. The van der Waals surface area contributed by atoms with E-state index in [9.17, 15) is 18.5 Å². The van der Waals surface area contributed by atoms with Crippen molar-refractivity contribution in [2.75, 3.05) is 19.7 Å². The number of hydrogen-bond donors (Lipinski definition) is 0. The monoisotopic (exact) mass is 429 g/mol. The van der Waals surface area contributed by atoms with Crippen LogP contribution in [0.2, 0.25) is 0 Å². The smallest absolute Gasteiger partial charge is 0.325 e. The molecule has 1 aliphatic heterocycles. The zero-order valence-electron chi connectivity index (χ0n) is 17.6. The standard InChI is InChI=1S/C22H27N3O4S/c1-4-29-22(26)15-25-17(3)19(16(2)20(25)14-23)13-18-9-5-6-10-21(18)30(27,28)24-11-7-8-12-24/h5-6,9-10H,4,7-8,11-13,15H2,1-3H3. The summed E-state index contributed by atoms with van der Waals surface area (Å²) in [6.45, 7) is 6.73. The van der Waals surface area contributed by atoms with Crippen molar-refractivity contribution in [3.63, 3.8) is 0 Å². The van der Waals surface area contributed by atoms with Gasteiger partial charge in [0.1, 0.15) is 18.3 Å². The van der Waals surface area contributed by atoms with Gasteiger partial charge >= 0.3 is 5.97 Å². The lowest BCUT2D eigenvalue weighted by atomic mass is 10.0. The maximum absolute atomic E-state index is 13.2. The molecule has 0 radical (unpaired) electrons. The molecule has 1 aliphatic rings. The Morgan fingerprint density at radius 1 is 1.20 bits per heavy atom. The van der Waals surface area contributed by atoms with E-state index in [1.54, 1.807) is 23.6 Å². The van der Waals surface area contributed by atoms with E-state index < -0.39 is 16.0 Å². The van der Waals surface area contributed by atoms with Gasteiger partial charge in [-0.3, -0.25) is 4.79 Å². The van der Waals surface area contributed by atoms with E-state index in [4.69, 9.17) is 4.74 Å². The van der Waals surface area contributed by atoms with Gasteiger partial charge in [0.15, 0.2) is 0 Å². The minimum Gasteiger partial charge on any atom is -0.465 e. The summed E-state index contributed by atoms with van der Waals surface area (Å²) in [7, 11) is -3.56. The van der Waals surface area contributed by atoms with Crippen molar-refractivity contribution in [1.29, 1.82) is 5.26 Å². The molecule has 1 saturated heterocycles. The number of nitrogens with zero attached hydrogens (tertiary/aromatic N) is 3. The van der Waals surface area contributed by atoms with Crippen LogP contribution in [-0.4, -0.2) is 43.0 Å². The van der Waals surface area contributed by atoms with Crippen molar-refractivity contribution in [2.24, 2.45) is 0 Å². The van der Waals surface area contributed by atoms with Crippen molar-refractivity contribution in [1.82, 2.24) is 8.87 Å². The Morgan fingerprint density at radius 3 is 2.50 bits per heavy atom. The lowest BCUT2D eigenvalue weighted by molar-refractivity contribution is -0.143. The van der Waals surface area contributed by atoms with Crippen LogP contribution in [0.15, 0.2) is 29.2 Å². The third-order valence-electron chi connectivity index (χ3n) is 5.64. The van der Waals surface area contributed by atoms with E-state index in [2.05, 4.69) is 6.07 Å². The first kappa shape index (κ1) is 22.1. The minimum atomic E-state index is -3.56. The number of esters is 1. The van der Waals surface area contributed by atoms with Gasteiger partial charge in [0, 0.05) is 25.2 Å². The van der Waals surface area contributed by atoms with Crippen molar-refractivity contribution < 1.29 is 17.9 Å². The van der Waals surface area contributed by atoms with Crippen LogP contribution in [0, 0.1) is 25.2 Å². The van der Waals surface area contributed by atoms with E-state index >= 15 is 0 Å². The quantitative estimate of drug-likeness (QED) is 0.631. The van der Waals surface area contributed by atoms with Gasteiger partial charge in [-0.25, -0.2) is 8.42 Å². The lowest BCUT2D eigenvalue weighted by Gasteiger charge is -2.18. The largest absolute Gasteiger partial charge is 0.465 e. The highest BCUT2D eigenvalue weighted by Crippen LogP contribution is 2.29. The molecule has 2 heterocycles. The summed E-state index contributed by atoms with van der Waals surface area (Å²) in [5, 5.41) is 9.65.